The lowest BCUT2D eigenvalue weighted by molar-refractivity contribution is -0.134. The first-order valence-electron chi connectivity index (χ1n) is 23.8. The number of unbranched alkanes of at least 4 members (excludes halogenated alkanes) is 1. The van der Waals surface area contributed by atoms with Crippen molar-refractivity contribution < 1.29 is 29.5 Å². The normalized spacial score (nSPS) is 13.0. The lowest BCUT2D eigenvalue weighted by Gasteiger charge is -2.28. The fourth-order valence-electron chi connectivity index (χ4n) is 7.62. The standard InChI is InChI=1S/C49H74ClN13O6/c1-10-11-16-42-56-45(50)41(63(42)29-36-17-19-37(20-18-36)38-14-12-13-15-39(38)46-57-61-62-58-46)28-52-47(66)40(27-32(2)3)55-44(65)31-69-30-43(64)51-24-21-35(22-25-53-48(6,7)33(4)59-67)23-26-54-49(8,9)34(5)60-68/h12-15,17-20,32,35,40,53-54,67-68H,10-11,16,21-31H2,1-9H3,(H,51,64)(H,52,66)(H,55,65)(H,57,58,61,62)/b59-33+,60-34+/t40-/m0/s1. The molecule has 0 aliphatic rings. The summed E-state index contributed by atoms with van der Waals surface area (Å²) in [4.78, 5) is 44.4. The maximum Gasteiger partial charge on any atom is 0.246 e. The topological polar surface area (TPSA) is 258 Å². The molecule has 19 nitrogen and oxygen atoms in total. The van der Waals surface area contributed by atoms with Gasteiger partial charge in [-0.2, -0.15) is 5.21 Å². The van der Waals surface area contributed by atoms with Crippen LogP contribution in [0.1, 0.15) is 118 Å². The van der Waals surface area contributed by atoms with Gasteiger partial charge < -0.3 is 46.3 Å². The zero-order valence-electron chi connectivity index (χ0n) is 41.8. The lowest BCUT2D eigenvalue weighted by Crippen LogP contribution is -2.48. The van der Waals surface area contributed by atoms with Crippen LogP contribution >= 0.6 is 11.6 Å². The predicted octanol–water partition coefficient (Wildman–Crippen LogP) is 6.28. The van der Waals surface area contributed by atoms with Crippen LogP contribution in [-0.4, -0.2) is 120 Å². The number of rotatable bonds is 30. The van der Waals surface area contributed by atoms with Crippen LogP contribution in [0.5, 0.6) is 0 Å². The number of nitrogens with zero attached hydrogens (tertiary/aromatic N) is 7. The highest BCUT2D eigenvalue weighted by Gasteiger charge is 2.26. The number of benzene rings is 2. The number of carbonyl (C=O) groups is 3. The molecule has 69 heavy (non-hydrogen) atoms. The maximum absolute atomic E-state index is 13.7. The summed E-state index contributed by atoms with van der Waals surface area (Å²) in [7, 11) is 0. The molecule has 0 saturated carbocycles. The van der Waals surface area contributed by atoms with Gasteiger partial charge in [0.15, 0.2) is 5.15 Å². The van der Waals surface area contributed by atoms with Gasteiger partial charge in [-0.25, -0.2) is 4.98 Å². The summed E-state index contributed by atoms with van der Waals surface area (Å²) in [6.45, 7) is 18.9. The Morgan fingerprint density at radius 1 is 0.855 bits per heavy atom. The van der Waals surface area contributed by atoms with Crippen molar-refractivity contribution in [2.45, 2.75) is 137 Å². The quantitative estimate of drug-likeness (QED) is 0.0163. The Labute approximate surface area is 411 Å². The molecule has 2 aromatic carbocycles. The monoisotopic (exact) mass is 976 g/mol. The first kappa shape index (κ1) is 55.8. The van der Waals surface area contributed by atoms with Crippen LogP contribution in [0.2, 0.25) is 5.15 Å². The van der Waals surface area contributed by atoms with E-state index in [0.29, 0.717) is 73.5 Å². The number of oxime groups is 2. The summed E-state index contributed by atoms with van der Waals surface area (Å²) < 4.78 is 7.56. The number of hydrogen-bond donors (Lipinski definition) is 8. The summed E-state index contributed by atoms with van der Waals surface area (Å²) >= 11 is 6.78. The van der Waals surface area contributed by atoms with E-state index >= 15 is 0 Å². The maximum atomic E-state index is 13.7. The first-order valence-corrected chi connectivity index (χ1v) is 24.2. The SMILES string of the molecule is CCCCc1nc(Cl)c(CNC(=O)[C@H](CC(C)C)NC(=O)COCC(=O)NCCC(CCNC(C)(C)/C(C)=N/O)CCNC(C)(C)/C(C)=N/O)n1Cc1ccc(-c2ccccc2-c2nn[nH]n2)cc1. The van der Waals surface area contributed by atoms with Crippen LogP contribution in [0.4, 0.5) is 0 Å². The molecule has 3 amide bonds. The minimum atomic E-state index is -0.857. The molecule has 1 atom stereocenters. The van der Waals surface area contributed by atoms with Gasteiger partial charge in [0.2, 0.25) is 23.5 Å². The molecule has 0 unspecified atom stereocenters. The fraction of sp³-hybridized carbons (Fsp3) is 0.571. The molecule has 0 radical (unpaired) electrons. The van der Waals surface area contributed by atoms with Crippen LogP contribution in [0, 0.1) is 11.8 Å². The van der Waals surface area contributed by atoms with Crippen molar-refractivity contribution in [3.05, 3.63) is 70.8 Å². The first-order chi connectivity index (χ1) is 32.9. The Balaban J connectivity index is 1.31. The third-order valence-corrected chi connectivity index (χ3v) is 12.8. The van der Waals surface area contributed by atoms with Crippen LogP contribution in [-0.2, 0) is 38.6 Å². The second-order valence-corrected chi connectivity index (χ2v) is 19.3. The van der Waals surface area contributed by atoms with Crippen molar-refractivity contribution in [1.82, 2.24) is 56.8 Å². The van der Waals surface area contributed by atoms with Gasteiger partial charge in [-0.05, 0) is 120 Å². The Hall–Kier alpha value is -5.76. The van der Waals surface area contributed by atoms with Crippen molar-refractivity contribution in [3.8, 4) is 22.5 Å². The molecule has 4 rings (SSSR count). The number of tetrazole rings is 1. The number of hydrogen-bond acceptors (Lipinski definition) is 14. The number of aromatic amines is 1. The van der Waals surface area contributed by atoms with E-state index in [2.05, 4.69) is 81.1 Å². The van der Waals surface area contributed by atoms with Gasteiger partial charge in [0, 0.05) is 25.1 Å². The van der Waals surface area contributed by atoms with Crippen molar-refractivity contribution in [2.75, 3.05) is 32.8 Å². The van der Waals surface area contributed by atoms with Crippen molar-refractivity contribution >= 4 is 40.7 Å². The number of amides is 3. The fourth-order valence-corrected chi connectivity index (χ4v) is 7.88. The number of halogens is 1. The highest BCUT2D eigenvalue weighted by atomic mass is 35.5. The molecule has 0 aliphatic carbocycles. The average molecular weight is 977 g/mol. The molecule has 0 bridgehead atoms. The summed E-state index contributed by atoms with van der Waals surface area (Å²) in [5.41, 5.74) is 4.65. The van der Waals surface area contributed by atoms with Crippen LogP contribution in [0.25, 0.3) is 22.5 Å². The van der Waals surface area contributed by atoms with Crippen LogP contribution in [0.15, 0.2) is 58.8 Å². The Kier molecular flexibility index (Phi) is 22.2. The zero-order valence-corrected chi connectivity index (χ0v) is 42.5. The predicted molar refractivity (Wildman–Crippen MR) is 268 cm³/mol. The van der Waals surface area contributed by atoms with E-state index in [1.807, 2.05) is 77.9 Å². The zero-order chi connectivity index (χ0) is 50.6. The van der Waals surface area contributed by atoms with Gasteiger partial charge in [0.1, 0.15) is 25.1 Å². The molecule has 4 aromatic rings. The van der Waals surface area contributed by atoms with Gasteiger partial charge in [-0.3, -0.25) is 14.4 Å². The Morgan fingerprint density at radius 3 is 2.04 bits per heavy atom. The van der Waals surface area contributed by atoms with E-state index < -0.39 is 29.6 Å². The number of nitrogens with one attached hydrogen (secondary N) is 6. The Bertz CT molecular complexity index is 2260. The minimum absolute atomic E-state index is 0.0787. The molecule has 8 N–H and O–H groups in total. The number of aryl methyl sites for hydroxylation is 1. The molecule has 0 saturated heterocycles. The lowest BCUT2D eigenvalue weighted by atomic mass is 9.94. The molecular formula is C49H74ClN13O6. The van der Waals surface area contributed by atoms with E-state index in [1.165, 1.54) is 0 Å². The van der Waals surface area contributed by atoms with Crippen molar-refractivity contribution in [3.63, 3.8) is 0 Å². The highest BCUT2D eigenvalue weighted by molar-refractivity contribution is 6.30. The molecule has 2 aromatic heterocycles. The number of carbonyl (C=O) groups excluding carboxylic acids is 3. The molecular weight excluding hydrogens is 902 g/mol. The van der Waals surface area contributed by atoms with E-state index in [9.17, 15) is 24.8 Å². The van der Waals surface area contributed by atoms with E-state index in [-0.39, 0.29) is 36.8 Å². The molecule has 2 heterocycles. The third-order valence-electron chi connectivity index (χ3n) is 12.5. The van der Waals surface area contributed by atoms with Gasteiger partial charge in [0.25, 0.3) is 0 Å². The molecule has 20 heteroatoms. The van der Waals surface area contributed by atoms with Crippen molar-refractivity contribution in [2.24, 2.45) is 22.1 Å². The number of aromatic nitrogens is 6. The third kappa shape index (κ3) is 17.6. The Morgan fingerprint density at radius 2 is 1.46 bits per heavy atom. The molecule has 0 fully saturated rings. The van der Waals surface area contributed by atoms with E-state index in [0.717, 1.165) is 53.8 Å². The van der Waals surface area contributed by atoms with E-state index in [4.69, 9.17) is 21.3 Å². The minimum Gasteiger partial charge on any atom is -0.411 e. The molecule has 0 spiro atoms. The molecule has 0 aliphatic heterocycles. The van der Waals surface area contributed by atoms with Crippen LogP contribution in [0.3, 0.4) is 0 Å². The second-order valence-electron chi connectivity index (χ2n) is 18.9. The van der Waals surface area contributed by atoms with Crippen molar-refractivity contribution in [1.29, 1.82) is 0 Å². The number of H-pyrrole nitrogens is 1. The summed E-state index contributed by atoms with van der Waals surface area (Å²) in [6.07, 6.45) is 5.24. The number of ether oxygens (including phenoxy) is 1. The average Bonchev–Trinajstić information content (AvgIpc) is 3.96. The van der Waals surface area contributed by atoms with Gasteiger partial charge in [0.05, 0.1) is 34.7 Å². The molecule has 378 valence electrons. The van der Waals surface area contributed by atoms with E-state index in [1.54, 1.807) is 13.8 Å². The second kappa shape index (κ2) is 27.4. The van der Waals surface area contributed by atoms with Crippen LogP contribution < -0.4 is 26.6 Å². The highest BCUT2D eigenvalue weighted by Crippen LogP contribution is 2.30. The van der Waals surface area contributed by atoms with Gasteiger partial charge in [-0.15, -0.1) is 10.2 Å². The summed E-state index contributed by atoms with van der Waals surface area (Å²) in [6, 6.07) is 15.2. The largest absolute Gasteiger partial charge is 0.411 e. The smallest absolute Gasteiger partial charge is 0.246 e. The number of imidazole rings is 1. The summed E-state index contributed by atoms with van der Waals surface area (Å²) in [5, 5.41) is 55.7. The van der Waals surface area contributed by atoms with Gasteiger partial charge >= 0.3 is 0 Å². The van der Waals surface area contributed by atoms with Gasteiger partial charge in [-0.1, -0.05) is 97.6 Å². The summed E-state index contributed by atoms with van der Waals surface area (Å²) in [5.74, 6) is 0.355.